The molecule has 0 atom stereocenters. The fraction of sp³-hybridized carbons (Fsp3) is 0.600. The average Bonchev–Trinajstić information content (AvgIpc) is 2.15. The summed E-state index contributed by atoms with van der Waals surface area (Å²) in [7, 11) is 0. The number of nitrogens with one attached hydrogen (secondary N) is 1. The number of nitrogen functional groups attached to an aromatic ring is 1. The summed E-state index contributed by atoms with van der Waals surface area (Å²) in [5.74, 6) is 1.09. The molecule has 0 radical (unpaired) electrons. The number of aromatic nitrogens is 2. The maximum Gasteiger partial charge on any atom is 0.225 e. The number of rotatable bonds is 4. The molecule has 0 aliphatic heterocycles. The lowest BCUT2D eigenvalue weighted by atomic mass is 9.84. The molecule has 4 nitrogen and oxygen atoms in total. The smallest absolute Gasteiger partial charge is 0.225 e. The van der Waals surface area contributed by atoms with Gasteiger partial charge in [0.05, 0.1) is 0 Å². The first-order valence-electron chi connectivity index (χ1n) is 5.23. The number of hydrogen-bond donors (Lipinski definition) is 2. The van der Waals surface area contributed by atoms with Crippen molar-refractivity contribution in [2.75, 3.05) is 23.9 Å². The molecule has 0 unspecified atom stereocenters. The van der Waals surface area contributed by atoms with E-state index in [1.54, 1.807) is 6.07 Å². The highest BCUT2D eigenvalue weighted by molar-refractivity contribution is 9.10. The van der Waals surface area contributed by atoms with E-state index in [1.807, 2.05) is 11.8 Å². The number of nitrogens with zero attached hydrogens (tertiary/aromatic N) is 2. The largest absolute Gasteiger partial charge is 0.383 e. The van der Waals surface area contributed by atoms with E-state index in [1.165, 1.54) is 19.3 Å². The van der Waals surface area contributed by atoms with Crippen LogP contribution in [-0.4, -0.2) is 27.5 Å². The molecular weight excluding hydrogens is 288 g/mol. The van der Waals surface area contributed by atoms with Gasteiger partial charge >= 0.3 is 0 Å². The van der Waals surface area contributed by atoms with Crippen LogP contribution in [0.1, 0.15) is 19.3 Å². The SMILES string of the molecule is CSC1(CNc2nc(N)cc(Br)n2)CCC1. The first-order chi connectivity index (χ1) is 7.63. The van der Waals surface area contributed by atoms with Crippen molar-refractivity contribution >= 4 is 39.5 Å². The zero-order chi connectivity index (χ0) is 11.6. The van der Waals surface area contributed by atoms with E-state index < -0.39 is 0 Å². The topological polar surface area (TPSA) is 63.8 Å². The van der Waals surface area contributed by atoms with E-state index in [2.05, 4.69) is 37.5 Å². The van der Waals surface area contributed by atoms with Gasteiger partial charge in [-0.05, 0) is 35.0 Å². The summed E-state index contributed by atoms with van der Waals surface area (Å²) in [5, 5.41) is 3.27. The second-order valence-corrected chi connectivity index (χ2v) is 6.12. The Bertz CT molecular complexity index is 355. The molecular formula is C10H15BrN4S. The molecule has 0 aromatic carbocycles. The molecule has 1 fully saturated rings. The van der Waals surface area contributed by atoms with Gasteiger partial charge < -0.3 is 11.1 Å². The summed E-state index contributed by atoms with van der Waals surface area (Å²) in [6.07, 6.45) is 6.02. The van der Waals surface area contributed by atoms with Gasteiger partial charge in [-0.3, -0.25) is 0 Å². The minimum atomic E-state index is 0.375. The summed E-state index contributed by atoms with van der Waals surface area (Å²) in [6.45, 7) is 0.907. The van der Waals surface area contributed by atoms with Gasteiger partial charge in [0.1, 0.15) is 10.4 Å². The summed E-state index contributed by atoms with van der Waals surface area (Å²) < 4.78 is 1.09. The van der Waals surface area contributed by atoms with Gasteiger partial charge in [0, 0.05) is 17.4 Å². The van der Waals surface area contributed by atoms with E-state index in [4.69, 9.17) is 5.73 Å². The predicted molar refractivity (Wildman–Crippen MR) is 72.7 cm³/mol. The predicted octanol–water partition coefficient (Wildman–Crippen LogP) is 2.52. The van der Waals surface area contributed by atoms with Gasteiger partial charge in [0.2, 0.25) is 5.95 Å². The van der Waals surface area contributed by atoms with Crippen LogP contribution in [0.5, 0.6) is 0 Å². The highest BCUT2D eigenvalue weighted by atomic mass is 79.9. The van der Waals surface area contributed by atoms with E-state index in [-0.39, 0.29) is 0 Å². The van der Waals surface area contributed by atoms with Crippen LogP contribution in [0, 0.1) is 0 Å². The molecule has 1 heterocycles. The first-order valence-corrected chi connectivity index (χ1v) is 7.24. The number of thioether (sulfide) groups is 1. The van der Waals surface area contributed by atoms with Crippen molar-refractivity contribution in [1.29, 1.82) is 0 Å². The molecule has 1 aliphatic carbocycles. The molecule has 2 rings (SSSR count). The Morgan fingerprint density at radius 1 is 1.56 bits per heavy atom. The quantitative estimate of drug-likeness (QED) is 0.837. The molecule has 1 saturated carbocycles. The van der Waals surface area contributed by atoms with Gasteiger partial charge in [-0.2, -0.15) is 16.7 Å². The van der Waals surface area contributed by atoms with Crippen molar-refractivity contribution in [3.8, 4) is 0 Å². The van der Waals surface area contributed by atoms with Crippen LogP contribution in [0.15, 0.2) is 10.7 Å². The fourth-order valence-electron chi connectivity index (χ4n) is 1.78. The minimum absolute atomic E-state index is 0.375. The van der Waals surface area contributed by atoms with Crippen LogP contribution in [0.3, 0.4) is 0 Å². The zero-order valence-corrected chi connectivity index (χ0v) is 11.6. The van der Waals surface area contributed by atoms with Crippen LogP contribution in [0.4, 0.5) is 11.8 Å². The normalized spacial score (nSPS) is 17.9. The molecule has 1 aliphatic rings. The van der Waals surface area contributed by atoms with Gasteiger partial charge in [-0.1, -0.05) is 6.42 Å². The minimum Gasteiger partial charge on any atom is -0.383 e. The Balaban J connectivity index is 1.98. The van der Waals surface area contributed by atoms with Crippen molar-refractivity contribution in [2.24, 2.45) is 0 Å². The van der Waals surface area contributed by atoms with Crippen LogP contribution in [0.25, 0.3) is 0 Å². The summed E-state index contributed by atoms with van der Waals surface area (Å²) in [5.41, 5.74) is 5.65. The standard InChI is InChI=1S/C10H15BrN4S/c1-16-10(3-2-4-10)6-13-9-14-7(11)5-8(12)15-9/h5H,2-4,6H2,1H3,(H3,12,13,14,15). The fourth-order valence-corrected chi connectivity index (χ4v) is 3.09. The molecule has 6 heteroatoms. The lowest BCUT2D eigenvalue weighted by molar-refractivity contribution is 0.379. The molecule has 0 bridgehead atoms. The lowest BCUT2D eigenvalue weighted by Gasteiger charge is -2.40. The summed E-state index contributed by atoms with van der Waals surface area (Å²) in [6, 6.07) is 1.69. The monoisotopic (exact) mass is 302 g/mol. The van der Waals surface area contributed by atoms with Gasteiger partial charge in [-0.25, -0.2) is 4.98 Å². The van der Waals surface area contributed by atoms with E-state index >= 15 is 0 Å². The second kappa shape index (κ2) is 4.79. The average molecular weight is 303 g/mol. The van der Waals surface area contributed by atoms with Crippen LogP contribution in [-0.2, 0) is 0 Å². The lowest BCUT2D eigenvalue weighted by Crippen LogP contribution is -2.40. The van der Waals surface area contributed by atoms with Crippen molar-refractivity contribution in [3.05, 3.63) is 10.7 Å². The Hall–Kier alpha value is -0.490. The number of hydrogen-bond acceptors (Lipinski definition) is 5. The van der Waals surface area contributed by atoms with Crippen molar-refractivity contribution in [2.45, 2.75) is 24.0 Å². The third kappa shape index (κ3) is 2.60. The van der Waals surface area contributed by atoms with Gasteiger partial charge in [0.15, 0.2) is 0 Å². The Morgan fingerprint density at radius 2 is 2.31 bits per heavy atom. The molecule has 1 aromatic heterocycles. The highest BCUT2D eigenvalue weighted by Crippen LogP contribution is 2.42. The third-order valence-corrected chi connectivity index (χ3v) is 4.81. The maximum atomic E-state index is 5.65. The summed E-state index contributed by atoms with van der Waals surface area (Å²) in [4.78, 5) is 8.38. The Morgan fingerprint density at radius 3 is 2.81 bits per heavy atom. The third-order valence-electron chi connectivity index (χ3n) is 2.98. The maximum absolute atomic E-state index is 5.65. The molecule has 3 N–H and O–H groups in total. The van der Waals surface area contributed by atoms with Crippen LogP contribution in [0.2, 0.25) is 0 Å². The van der Waals surface area contributed by atoms with Crippen LogP contribution >= 0.6 is 27.7 Å². The summed E-state index contributed by atoms with van der Waals surface area (Å²) >= 11 is 5.23. The molecule has 88 valence electrons. The molecule has 0 spiro atoms. The highest BCUT2D eigenvalue weighted by Gasteiger charge is 2.35. The van der Waals surface area contributed by atoms with Crippen molar-refractivity contribution in [3.63, 3.8) is 0 Å². The Labute approximate surface area is 108 Å². The molecule has 16 heavy (non-hydrogen) atoms. The Kier molecular flexibility index (Phi) is 3.59. The van der Waals surface area contributed by atoms with Crippen molar-refractivity contribution < 1.29 is 0 Å². The van der Waals surface area contributed by atoms with E-state index in [9.17, 15) is 0 Å². The second-order valence-electron chi connectivity index (χ2n) is 4.03. The van der Waals surface area contributed by atoms with Crippen LogP contribution < -0.4 is 11.1 Å². The number of anilines is 2. The number of nitrogens with two attached hydrogens (primary N) is 1. The van der Waals surface area contributed by atoms with E-state index in [0.717, 1.165) is 6.54 Å². The first kappa shape index (κ1) is 12.0. The molecule has 0 saturated heterocycles. The van der Waals surface area contributed by atoms with E-state index in [0.29, 0.717) is 21.1 Å². The number of halogens is 1. The molecule has 0 amide bonds. The van der Waals surface area contributed by atoms with Gasteiger partial charge in [-0.15, -0.1) is 0 Å². The zero-order valence-electron chi connectivity index (χ0n) is 9.16. The molecule has 1 aromatic rings. The van der Waals surface area contributed by atoms with Gasteiger partial charge in [0.25, 0.3) is 0 Å². The van der Waals surface area contributed by atoms with Crippen molar-refractivity contribution in [1.82, 2.24) is 9.97 Å².